The van der Waals surface area contributed by atoms with Crippen LogP contribution in [-0.2, 0) is 6.18 Å². The predicted molar refractivity (Wildman–Crippen MR) is 124 cm³/mol. The Bertz CT molecular complexity index is 1420. The van der Waals surface area contributed by atoms with E-state index in [0.717, 1.165) is 37.7 Å². The van der Waals surface area contributed by atoms with Crippen LogP contribution in [0.5, 0.6) is 0 Å². The molecule has 3 N–H and O–H groups in total. The third kappa shape index (κ3) is 3.45. The summed E-state index contributed by atoms with van der Waals surface area (Å²) in [4.78, 5) is 8.30. The van der Waals surface area contributed by atoms with Crippen LogP contribution >= 0.6 is 0 Å². The second-order valence-electron chi connectivity index (χ2n) is 10.3. The lowest BCUT2D eigenvalue weighted by Crippen LogP contribution is -2.15. The summed E-state index contributed by atoms with van der Waals surface area (Å²) in [5.41, 5.74) is 4.86. The van der Waals surface area contributed by atoms with E-state index in [1.165, 1.54) is 6.92 Å². The van der Waals surface area contributed by atoms with E-state index in [9.17, 15) is 18.4 Å². The van der Waals surface area contributed by atoms with Gasteiger partial charge in [0.15, 0.2) is 5.82 Å². The molecule has 3 aliphatic rings. The van der Waals surface area contributed by atoms with Gasteiger partial charge >= 0.3 is 6.18 Å². The highest BCUT2D eigenvalue weighted by Gasteiger charge is 2.56. The zero-order valence-electron chi connectivity index (χ0n) is 19.8. The molecule has 2 aliphatic carbocycles. The molecule has 188 valence electrons. The van der Waals surface area contributed by atoms with Crippen LogP contribution in [0.4, 0.5) is 23.4 Å². The summed E-state index contributed by atoms with van der Waals surface area (Å²) in [6.07, 6.45) is -3.05. The minimum Gasteiger partial charge on any atom is -0.384 e. The number of halogens is 4. The van der Waals surface area contributed by atoms with Crippen LogP contribution < -0.4 is 11.1 Å². The molecular weight excluding hydrogens is 474 g/mol. The molecule has 0 radical (unpaired) electrons. The molecule has 3 fully saturated rings. The SMILES string of the molecule is Cc1nc(N)cc(-c2nc(C(C)CC#N)c3c(C4C5CNCC54)nn(C4CC4)c3c2F)c1C(F)(F)F. The Balaban J connectivity index is 1.68. The van der Waals surface area contributed by atoms with Crippen LogP contribution in [0.2, 0.25) is 0 Å². The summed E-state index contributed by atoms with van der Waals surface area (Å²) in [6, 6.07) is 3.15. The molecule has 3 aromatic heterocycles. The molecule has 0 aromatic carbocycles. The van der Waals surface area contributed by atoms with E-state index in [-0.39, 0.29) is 35.4 Å². The first-order valence-electron chi connectivity index (χ1n) is 12.2. The number of nitrogens with zero attached hydrogens (tertiary/aromatic N) is 5. The summed E-state index contributed by atoms with van der Waals surface area (Å²) >= 11 is 0. The van der Waals surface area contributed by atoms with Crippen LogP contribution in [-0.4, -0.2) is 32.8 Å². The molecule has 3 atom stereocenters. The summed E-state index contributed by atoms with van der Waals surface area (Å²) in [7, 11) is 0. The number of alkyl halides is 3. The van der Waals surface area contributed by atoms with E-state index in [4.69, 9.17) is 10.8 Å². The van der Waals surface area contributed by atoms with Gasteiger partial charge in [-0.05, 0) is 50.8 Å². The fraction of sp³-hybridized carbons (Fsp3) is 0.520. The van der Waals surface area contributed by atoms with Gasteiger partial charge in [0.25, 0.3) is 0 Å². The van der Waals surface area contributed by atoms with Gasteiger partial charge in [-0.1, -0.05) is 6.92 Å². The molecule has 0 spiro atoms. The quantitative estimate of drug-likeness (QED) is 0.488. The molecule has 0 amide bonds. The van der Waals surface area contributed by atoms with Gasteiger partial charge in [-0.3, -0.25) is 4.68 Å². The molecular formula is C25H25F4N7. The van der Waals surface area contributed by atoms with Crippen molar-refractivity contribution in [3.8, 4) is 17.3 Å². The Morgan fingerprint density at radius 1 is 1.25 bits per heavy atom. The van der Waals surface area contributed by atoms with Crippen LogP contribution in [0.1, 0.15) is 66.7 Å². The topological polar surface area (TPSA) is 105 Å². The van der Waals surface area contributed by atoms with Crippen molar-refractivity contribution >= 4 is 16.7 Å². The maximum Gasteiger partial charge on any atom is 0.418 e. The van der Waals surface area contributed by atoms with E-state index in [1.807, 2.05) is 0 Å². The fourth-order valence-electron chi connectivity index (χ4n) is 5.90. The number of nitrogen functional groups attached to an aromatic ring is 1. The molecule has 11 heteroatoms. The van der Waals surface area contributed by atoms with Crippen molar-refractivity contribution < 1.29 is 17.6 Å². The van der Waals surface area contributed by atoms with Crippen LogP contribution in [0.3, 0.4) is 0 Å². The minimum absolute atomic E-state index is 0.00632. The molecule has 36 heavy (non-hydrogen) atoms. The average Bonchev–Trinajstić information content (AvgIpc) is 3.67. The van der Waals surface area contributed by atoms with Gasteiger partial charge in [0.1, 0.15) is 17.0 Å². The Kier molecular flexibility index (Phi) is 5.06. The first-order valence-corrected chi connectivity index (χ1v) is 12.2. The third-order valence-electron chi connectivity index (χ3n) is 7.76. The van der Waals surface area contributed by atoms with Crippen LogP contribution in [0.15, 0.2) is 6.07 Å². The van der Waals surface area contributed by atoms with Gasteiger partial charge in [-0.15, -0.1) is 0 Å². The molecule has 1 aliphatic heterocycles. The number of aromatic nitrogens is 4. The average molecular weight is 500 g/mol. The number of piperidine rings is 1. The number of hydrogen-bond donors (Lipinski definition) is 2. The van der Waals surface area contributed by atoms with Crippen molar-refractivity contribution in [1.29, 1.82) is 5.26 Å². The van der Waals surface area contributed by atoms with E-state index in [1.54, 1.807) is 11.6 Å². The lowest BCUT2D eigenvalue weighted by molar-refractivity contribution is -0.137. The Morgan fingerprint density at radius 3 is 2.56 bits per heavy atom. The number of rotatable bonds is 5. The first-order chi connectivity index (χ1) is 17.1. The van der Waals surface area contributed by atoms with Crippen molar-refractivity contribution in [3.05, 3.63) is 34.5 Å². The van der Waals surface area contributed by atoms with E-state index < -0.39 is 34.7 Å². The molecule has 1 saturated heterocycles. The van der Waals surface area contributed by atoms with Crippen LogP contribution in [0.25, 0.3) is 22.2 Å². The standard InChI is InChI=1S/C25H25F4N7/c1-10(5-6-30)21-18-23(17-14-8-32-9-15(14)17)35-36(12-3-4-12)24(18)20(26)22(34-21)13-7-16(31)33-11(2)19(13)25(27,28)29/h7,10,12,14-15,17,32H,3-5,8-9H2,1-2H3,(H2,31,33). The summed E-state index contributed by atoms with van der Waals surface area (Å²) < 4.78 is 60.4. The second kappa shape index (κ2) is 7.87. The number of aryl methyl sites for hydroxylation is 1. The number of fused-ring (bicyclic) bond motifs is 2. The van der Waals surface area contributed by atoms with Gasteiger partial charge < -0.3 is 11.1 Å². The first kappa shape index (κ1) is 23.2. The van der Waals surface area contributed by atoms with Gasteiger partial charge in [0.2, 0.25) is 0 Å². The molecule has 3 unspecified atom stereocenters. The lowest BCUT2D eigenvalue weighted by atomic mass is 9.94. The van der Waals surface area contributed by atoms with Gasteiger partial charge in [-0.2, -0.15) is 23.5 Å². The highest BCUT2D eigenvalue weighted by molar-refractivity contribution is 5.90. The number of nitrogens with two attached hydrogens (primary N) is 1. The number of pyridine rings is 2. The monoisotopic (exact) mass is 499 g/mol. The van der Waals surface area contributed by atoms with Crippen molar-refractivity contribution in [2.45, 2.75) is 57.2 Å². The zero-order valence-corrected chi connectivity index (χ0v) is 19.8. The summed E-state index contributed by atoms with van der Waals surface area (Å²) in [5.74, 6) is -0.479. The predicted octanol–water partition coefficient (Wildman–Crippen LogP) is 4.83. The van der Waals surface area contributed by atoms with Gasteiger partial charge in [0, 0.05) is 29.2 Å². The van der Waals surface area contributed by atoms with Crippen molar-refractivity contribution in [2.24, 2.45) is 11.8 Å². The Morgan fingerprint density at radius 2 is 1.94 bits per heavy atom. The minimum atomic E-state index is -4.79. The molecule has 3 aromatic rings. The number of anilines is 1. The van der Waals surface area contributed by atoms with E-state index >= 15 is 4.39 Å². The van der Waals surface area contributed by atoms with Gasteiger partial charge in [-0.25, -0.2) is 14.4 Å². The Labute approximate surface area is 204 Å². The zero-order chi connectivity index (χ0) is 25.5. The summed E-state index contributed by atoms with van der Waals surface area (Å²) in [5, 5.41) is 18.2. The lowest BCUT2D eigenvalue weighted by Gasteiger charge is -2.19. The van der Waals surface area contributed by atoms with Crippen molar-refractivity contribution in [2.75, 3.05) is 18.8 Å². The smallest absolute Gasteiger partial charge is 0.384 e. The van der Waals surface area contributed by atoms with Crippen molar-refractivity contribution in [1.82, 2.24) is 25.1 Å². The van der Waals surface area contributed by atoms with Crippen molar-refractivity contribution in [3.63, 3.8) is 0 Å². The molecule has 7 nitrogen and oxygen atoms in total. The Hall–Kier alpha value is -3.26. The van der Waals surface area contributed by atoms with E-state index in [0.29, 0.717) is 22.9 Å². The highest BCUT2D eigenvalue weighted by Crippen LogP contribution is 2.58. The van der Waals surface area contributed by atoms with Gasteiger partial charge in [0.05, 0.1) is 34.8 Å². The van der Waals surface area contributed by atoms with E-state index in [2.05, 4.69) is 21.4 Å². The molecule has 0 bridgehead atoms. The van der Waals surface area contributed by atoms with Crippen LogP contribution in [0, 0.1) is 35.9 Å². The second-order valence-corrected chi connectivity index (χ2v) is 10.3. The third-order valence-corrected chi connectivity index (χ3v) is 7.76. The maximum atomic E-state index is 16.4. The number of nitrogens with one attached hydrogen (secondary N) is 1. The number of nitriles is 1. The summed E-state index contributed by atoms with van der Waals surface area (Å²) in [6.45, 7) is 4.70. The normalized spacial score (nSPS) is 24.1. The molecule has 4 heterocycles. The largest absolute Gasteiger partial charge is 0.418 e. The maximum absolute atomic E-state index is 16.4. The molecule has 6 rings (SSSR count). The number of hydrogen-bond acceptors (Lipinski definition) is 6. The molecule has 2 saturated carbocycles. The highest BCUT2D eigenvalue weighted by atomic mass is 19.4. The fourth-order valence-corrected chi connectivity index (χ4v) is 5.90.